The van der Waals surface area contributed by atoms with Gasteiger partial charge in [0.2, 0.25) is 0 Å². The van der Waals surface area contributed by atoms with Gasteiger partial charge in [-0.25, -0.2) is 4.79 Å². The second-order valence-electron chi connectivity index (χ2n) is 7.18. The standard InChI is InChI=1S/C19H22N4O2/c1-19(17(24)21-18(25)22-19)15-8-4-10-23(12-15)11-14-6-2-5-13-7-3-9-20-16(13)14/h2-3,5-7,9,15H,4,8,10-12H2,1H3,(H2,21,22,24,25)/t15-,19-/m0/s1. The van der Waals surface area contributed by atoms with E-state index in [1.165, 1.54) is 5.56 Å². The lowest BCUT2D eigenvalue weighted by molar-refractivity contribution is -0.126. The summed E-state index contributed by atoms with van der Waals surface area (Å²) in [6, 6.07) is 9.89. The van der Waals surface area contributed by atoms with E-state index >= 15 is 0 Å². The zero-order chi connectivity index (χ0) is 17.4. The molecule has 130 valence electrons. The summed E-state index contributed by atoms with van der Waals surface area (Å²) in [6.07, 6.45) is 3.78. The molecule has 0 saturated carbocycles. The smallest absolute Gasteiger partial charge is 0.322 e. The zero-order valence-electron chi connectivity index (χ0n) is 14.3. The van der Waals surface area contributed by atoms with E-state index in [0.717, 1.165) is 43.4 Å². The summed E-state index contributed by atoms with van der Waals surface area (Å²) in [6.45, 7) is 4.41. The number of likely N-dealkylation sites (tertiary alicyclic amines) is 1. The lowest BCUT2D eigenvalue weighted by Crippen LogP contribution is -2.55. The summed E-state index contributed by atoms with van der Waals surface area (Å²) in [5, 5.41) is 6.34. The first-order chi connectivity index (χ1) is 12.1. The topological polar surface area (TPSA) is 74.3 Å². The highest BCUT2D eigenvalue weighted by atomic mass is 16.2. The van der Waals surface area contributed by atoms with Gasteiger partial charge in [0.15, 0.2) is 0 Å². The summed E-state index contributed by atoms with van der Waals surface area (Å²) < 4.78 is 0. The van der Waals surface area contributed by atoms with Gasteiger partial charge in [0.1, 0.15) is 5.54 Å². The molecule has 0 aliphatic carbocycles. The fourth-order valence-electron chi connectivity index (χ4n) is 4.05. The van der Waals surface area contributed by atoms with Gasteiger partial charge in [-0.05, 0) is 37.9 Å². The first-order valence-electron chi connectivity index (χ1n) is 8.75. The highest BCUT2D eigenvalue weighted by molar-refractivity contribution is 6.07. The Kier molecular flexibility index (Phi) is 3.92. The van der Waals surface area contributed by atoms with Gasteiger partial charge < -0.3 is 5.32 Å². The minimum atomic E-state index is -0.813. The molecular weight excluding hydrogens is 316 g/mol. The van der Waals surface area contributed by atoms with E-state index in [9.17, 15) is 9.59 Å². The molecule has 3 heterocycles. The number of pyridine rings is 1. The van der Waals surface area contributed by atoms with E-state index in [1.807, 2.05) is 19.2 Å². The van der Waals surface area contributed by atoms with Crippen LogP contribution in [-0.4, -0.2) is 40.5 Å². The van der Waals surface area contributed by atoms with Crippen molar-refractivity contribution in [1.82, 2.24) is 20.5 Å². The Bertz CT molecular complexity index is 832. The van der Waals surface area contributed by atoms with E-state index in [0.29, 0.717) is 0 Å². The highest BCUT2D eigenvalue weighted by Crippen LogP contribution is 2.30. The average Bonchev–Trinajstić information content (AvgIpc) is 2.89. The molecule has 2 aromatic rings. The molecule has 4 rings (SSSR count). The predicted molar refractivity (Wildman–Crippen MR) is 94.8 cm³/mol. The number of fused-ring (bicyclic) bond motifs is 1. The van der Waals surface area contributed by atoms with Crippen LogP contribution in [0, 0.1) is 5.92 Å². The first-order valence-corrected chi connectivity index (χ1v) is 8.75. The summed E-state index contributed by atoms with van der Waals surface area (Å²) in [7, 11) is 0. The van der Waals surface area contributed by atoms with Crippen LogP contribution in [0.4, 0.5) is 4.79 Å². The number of benzene rings is 1. The average molecular weight is 338 g/mol. The molecule has 2 fully saturated rings. The molecule has 0 radical (unpaired) electrons. The van der Waals surface area contributed by atoms with Crippen molar-refractivity contribution in [2.24, 2.45) is 5.92 Å². The van der Waals surface area contributed by atoms with Crippen LogP contribution in [0.25, 0.3) is 10.9 Å². The fraction of sp³-hybridized carbons (Fsp3) is 0.421. The number of hydrogen-bond acceptors (Lipinski definition) is 4. The molecule has 1 aromatic heterocycles. The van der Waals surface area contributed by atoms with Crippen LogP contribution >= 0.6 is 0 Å². The number of hydrogen-bond donors (Lipinski definition) is 2. The molecule has 3 amide bonds. The van der Waals surface area contributed by atoms with E-state index in [2.05, 4.69) is 44.8 Å². The number of nitrogens with zero attached hydrogens (tertiary/aromatic N) is 2. The summed E-state index contributed by atoms with van der Waals surface area (Å²) in [4.78, 5) is 30.7. The highest BCUT2D eigenvalue weighted by Gasteiger charge is 2.48. The predicted octanol–water partition coefficient (Wildman–Crippen LogP) is 2.04. The third kappa shape index (κ3) is 2.87. The molecule has 2 N–H and O–H groups in total. The first kappa shape index (κ1) is 16.0. The second kappa shape index (κ2) is 6.11. The Balaban J connectivity index is 1.54. The molecule has 0 spiro atoms. The van der Waals surface area contributed by atoms with Crippen LogP contribution in [0.3, 0.4) is 0 Å². The molecule has 25 heavy (non-hydrogen) atoms. The number of piperidine rings is 1. The molecule has 0 bridgehead atoms. The van der Waals surface area contributed by atoms with E-state index in [4.69, 9.17) is 0 Å². The maximum Gasteiger partial charge on any atom is 0.322 e. The fourth-order valence-corrected chi connectivity index (χ4v) is 4.05. The van der Waals surface area contributed by atoms with Crippen molar-refractivity contribution in [3.63, 3.8) is 0 Å². The quantitative estimate of drug-likeness (QED) is 0.840. The molecule has 2 saturated heterocycles. The minimum absolute atomic E-state index is 0.107. The van der Waals surface area contributed by atoms with Crippen molar-refractivity contribution in [1.29, 1.82) is 0 Å². The molecule has 0 unspecified atom stereocenters. The summed E-state index contributed by atoms with van der Waals surface area (Å²) in [5.74, 6) is -0.105. The van der Waals surface area contributed by atoms with Crippen LogP contribution in [0.15, 0.2) is 36.5 Å². The van der Waals surface area contributed by atoms with Gasteiger partial charge in [-0.3, -0.25) is 20.0 Å². The number of rotatable bonds is 3. The molecule has 6 heteroatoms. The Labute approximate surface area is 146 Å². The van der Waals surface area contributed by atoms with Crippen LogP contribution in [0.1, 0.15) is 25.3 Å². The van der Waals surface area contributed by atoms with Gasteiger partial charge in [-0.15, -0.1) is 0 Å². The largest absolute Gasteiger partial charge is 0.323 e. The number of urea groups is 1. The zero-order valence-corrected chi connectivity index (χ0v) is 14.3. The summed E-state index contributed by atoms with van der Waals surface area (Å²) in [5.41, 5.74) is 1.42. The number of amides is 3. The Morgan fingerprint density at radius 3 is 2.92 bits per heavy atom. The Morgan fingerprint density at radius 2 is 2.12 bits per heavy atom. The summed E-state index contributed by atoms with van der Waals surface area (Å²) >= 11 is 0. The number of carbonyl (C=O) groups is 2. The maximum atomic E-state index is 12.2. The lowest BCUT2D eigenvalue weighted by Gasteiger charge is -2.39. The molecule has 6 nitrogen and oxygen atoms in total. The van der Waals surface area contributed by atoms with Crippen LogP contribution in [0.5, 0.6) is 0 Å². The maximum absolute atomic E-state index is 12.2. The van der Waals surface area contributed by atoms with Crippen molar-refractivity contribution in [3.8, 4) is 0 Å². The lowest BCUT2D eigenvalue weighted by atomic mass is 9.80. The van der Waals surface area contributed by atoms with Crippen molar-refractivity contribution >= 4 is 22.8 Å². The van der Waals surface area contributed by atoms with E-state index in [1.54, 1.807) is 0 Å². The van der Waals surface area contributed by atoms with Crippen LogP contribution in [-0.2, 0) is 11.3 Å². The Morgan fingerprint density at radius 1 is 1.28 bits per heavy atom. The normalized spacial score (nSPS) is 27.3. The minimum Gasteiger partial charge on any atom is -0.323 e. The van der Waals surface area contributed by atoms with Crippen LogP contribution < -0.4 is 10.6 Å². The molecule has 2 atom stereocenters. The van der Waals surface area contributed by atoms with Gasteiger partial charge in [-0.1, -0.05) is 24.3 Å². The van der Waals surface area contributed by atoms with Gasteiger partial charge >= 0.3 is 6.03 Å². The SMILES string of the molecule is C[C@@]1([C@H]2CCCN(Cc3cccc4cccnc34)C2)NC(=O)NC1=O. The second-order valence-corrected chi connectivity index (χ2v) is 7.18. The van der Waals surface area contributed by atoms with Gasteiger partial charge in [-0.2, -0.15) is 0 Å². The molecular formula is C19H22N4O2. The number of aromatic nitrogens is 1. The van der Waals surface area contributed by atoms with Crippen molar-refractivity contribution in [2.75, 3.05) is 13.1 Å². The molecule has 2 aliphatic rings. The monoisotopic (exact) mass is 338 g/mol. The van der Waals surface area contributed by atoms with Crippen LogP contribution in [0.2, 0.25) is 0 Å². The van der Waals surface area contributed by atoms with E-state index < -0.39 is 5.54 Å². The number of carbonyl (C=O) groups excluding carboxylic acids is 2. The van der Waals surface area contributed by atoms with E-state index in [-0.39, 0.29) is 17.9 Å². The van der Waals surface area contributed by atoms with Crippen molar-refractivity contribution < 1.29 is 9.59 Å². The van der Waals surface area contributed by atoms with Gasteiger partial charge in [0.25, 0.3) is 5.91 Å². The number of nitrogens with one attached hydrogen (secondary N) is 2. The molecule has 2 aliphatic heterocycles. The third-order valence-corrected chi connectivity index (χ3v) is 5.50. The number of imide groups is 1. The molecule has 1 aromatic carbocycles. The van der Waals surface area contributed by atoms with Crippen molar-refractivity contribution in [3.05, 3.63) is 42.1 Å². The Hall–Kier alpha value is -2.47. The van der Waals surface area contributed by atoms with Gasteiger partial charge in [0, 0.05) is 30.6 Å². The van der Waals surface area contributed by atoms with Gasteiger partial charge in [0.05, 0.1) is 5.52 Å². The number of para-hydroxylation sites is 1. The van der Waals surface area contributed by atoms with Crippen molar-refractivity contribution in [2.45, 2.75) is 31.8 Å². The third-order valence-electron chi connectivity index (χ3n) is 5.50.